The van der Waals surface area contributed by atoms with Gasteiger partial charge in [-0.15, -0.1) is 0 Å². The summed E-state index contributed by atoms with van der Waals surface area (Å²) in [7, 11) is 0. The molecule has 0 aliphatic rings. The molecule has 1 rings (SSSR count). The van der Waals surface area contributed by atoms with E-state index in [1.807, 2.05) is 0 Å². The minimum absolute atomic E-state index is 0.297. The standard InChI is InChI=1S/C11H16N4O3/c1-11(2,3)18-10(17)15-9(12)14-8(16)7-5-4-6-13-7/h4-6,13H,1-3H3,(H3,12,14,15,16,17). The van der Waals surface area contributed by atoms with Crippen molar-refractivity contribution >= 4 is 18.0 Å². The van der Waals surface area contributed by atoms with Crippen LogP contribution in [0.15, 0.2) is 18.3 Å². The van der Waals surface area contributed by atoms with Gasteiger partial charge in [0.05, 0.1) is 0 Å². The Balaban J connectivity index is 2.43. The average Bonchev–Trinajstić information content (AvgIpc) is 2.65. The number of hydrogen-bond acceptors (Lipinski definition) is 4. The van der Waals surface area contributed by atoms with Crippen LogP contribution in [-0.4, -0.2) is 28.5 Å². The lowest BCUT2D eigenvalue weighted by molar-refractivity contribution is 0.0561. The zero-order valence-corrected chi connectivity index (χ0v) is 10.5. The second kappa shape index (κ2) is 5.35. The van der Waals surface area contributed by atoms with Gasteiger partial charge in [0, 0.05) is 6.20 Å². The van der Waals surface area contributed by atoms with E-state index in [-0.39, 0.29) is 0 Å². The summed E-state index contributed by atoms with van der Waals surface area (Å²) >= 11 is 0. The number of aromatic amines is 1. The molecule has 7 nitrogen and oxygen atoms in total. The number of nitrogens with one attached hydrogen (secondary N) is 4. The summed E-state index contributed by atoms with van der Waals surface area (Å²) in [5.74, 6) is -0.954. The fourth-order valence-electron chi connectivity index (χ4n) is 1.09. The quantitative estimate of drug-likeness (QED) is 0.445. The van der Waals surface area contributed by atoms with E-state index < -0.39 is 23.6 Å². The topological polar surface area (TPSA) is 107 Å². The van der Waals surface area contributed by atoms with Crippen LogP contribution in [0.25, 0.3) is 0 Å². The minimum Gasteiger partial charge on any atom is -0.444 e. The number of rotatable bonds is 1. The normalized spacial score (nSPS) is 10.6. The van der Waals surface area contributed by atoms with Crippen LogP contribution >= 0.6 is 0 Å². The molecule has 0 aliphatic heterocycles. The van der Waals surface area contributed by atoms with Crippen LogP contribution in [-0.2, 0) is 4.74 Å². The number of aromatic nitrogens is 1. The molecule has 0 radical (unpaired) electrons. The van der Waals surface area contributed by atoms with Crippen molar-refractivity contribution in [3.05, 3.63) is 24.0 Å². The smallest absolute Gasteiger partial charge is 0.414 e. The first kappa shape index (κ1) is 13.8. The van der Waals surface area contributed by atoms with E-state index in [9.17, 15) is 9.59 Å². The van der Waals surface area contributed by atoms with Crippen molar-refractivity contribution in [2.45, 2.75) is 26.4 Å². The lowest BCUT2D eigenvalue weighted by Crippen LogP contribution is -2.45. The van der Waals surface area contributed by atoms with E-state index in [2.05, 4.69) is 15.6 Å². The molecule has 0 aromatic carbocycles. The molecule has 18 heavy (non-hydrogen) atoms. The maximum atomic E-state index is 11.5. The Morgan fingerprint density at radius 3 is 2.50 bits per heavy atom. The van der Waals surface area contributed by atoms with Gasteiger partial charge in [0.2, 0.25) is 5.96 Å². The molecular weight excluding hydrogens is 236 g/mol. The van der Waals surface area contributed by atoms with Crippen LogP contribution in [0, 0.1) is 5.41 Å². The first-order valence-electron chi connectivity index (χ1n) is 5.31. The first-order valence-corrected chi connectivity index (χ1v) is 5.31. The number of carbonyl (C=O) groups excluding carboxylic acids is 2. The van der Waals surface area contributed by atoms with E-state index in [4.69, 9.17) is 10.1 Å². The molecule has 1 aromatic heterocycles. The van der Waals surface area contributed by atoms with Gasteiger partial charge in [0.15, 0.2) is 0 Å². The molecule has 1 heterocycles. The van der Waals surface area contributed by atoms with E-state index in [1.165, 1.54) is 0 Å². The number of amides is 2. The predicted molar refractivity (Wildman–Crippen MR) is 65.4 cm³/mol. The first-order chi connectivity index (χ1) is 8.28. The monoisotopic (exact) mass is 252 g/mol. The van der Waals surface area contributed by atoms with Crippen LogP contribution in [0.4, 0.5) is 4.79 Å². The van der Waals surface area contributed by atoms with Crippen molar-refractivity contribution in [1.82, 2.24) is 15.6 Å². The SMILES string of the molecule is CC(C)(C)OC(=O)NC(=N)NC(=O)c1ccc[nH]1. The third kappa shape index (κ3) is 4.69. The molecule has 1 aromatic rings. The maximum absolute atomic E-state index is 11.5. The van der Waals surface area contributed by atoms with Gasteiger partial charge in [-0.3, -0.25) is 20.8 Å². The highest BCUT2D eigenvalue weighted by Gasteiger charge is 2.18. The number of alkyl carbamates (subject to hydrolysis) is 1. The molecule has 0 saturated heterocycles. The number of carbonyl (C=O) groups is 2. The molecule has 0 atom stereocenters. The fraction of sp³-hybridized carbons (Fsp3) is 0.364. The molecule has 2 amide bonds. The van der Waals surface area contributed by atoms with Crippen molar-refractivity contribution in [2.24, 2.45) is 0 Å². The molecule has 0 aliphatic carbocycles. The molecule has 0 unspecified atom stereocenters. The van der Waals surface area contributed by atoms with Crippen molar-refractivity contribution < 1.29 is 14.3 Å². The molecule has 0 fully saturated rings. The van der Waals surface area contributed by atoms with Crippen LogP contribution in [0.5, 0.6) is 0 Å². The van der Waals surface area contributed by atoms with E-state index in [1.54, 1.807) is 39.1 Å². The van der Waals surface area contributed by atoms with Gasteiger partial charge in [-0.1, -0.05) is 0 Å². The Hall–Kier alpha value is -2.31. The van der Waals surface area contributed by atoms with Crippen molar-refractivity contribution in [1.29, 1.82) is 5.41 Å². The second-order valence-electron chi connectivity index (χ2n) is 4.54. The van der Waals surface area contributed by atoms with E-state index in [0.717, 1.165) is 0 Å². The molecule has 98 valence electrons. The Kier molecular flexibility index (Phi) is 4.09. The van der Waals surface area contributed by atoms with Crippen molar-refractivity contribution in [2.75, 3.05) is 0 Å². The third-order valence-electron chi connectivity index (χ3n) is 1.71. The highest BCUT2D eigenvalue weighted by molar-refractivity contribution is 6.07. The highest BCUT2D eigenvalue weighted by atomic mass is 16.6. The molecule has 0 bridgehead atoms. The van der Waals surface area contributed by atoms with Gasteiger partial charge in [-0.2, -0.15) is 0 Å². The summed E-state index contributed by atoms with van der Waals surface area (Å²) in [5, 5.41) is 11.7. The largest absolute Gasteiger partial charge is 0.444 e. The van der Waals surface area contributed by atoms with E-state index in [0.29, 0.717) is 5.69 Å². The average molecular weight is 252 g/mol. The van der Waals surface area contributed by atoms with Gasteiger partial charge in [-0.25, -0.2) is 4.79 Å². The summed E-state index contributed by atoms with van der Waals surface area (Å²) in [4.78, 5) is 25.5. The summed E-state index contributed by atoms with van der Waals surface area (Å²) in [6, 6.07) is 3.20. The molecular formula is C11H16N4O3. The van der Waals surface area contributed by atoms with Crippen LogP contribution in [0.2, 0.25) is 0 Å². The second-order valence-corrected chi connectivity index (χ2v) is 4.54. The molecule has 0 saturated carbocycles. The Bertz CT molecular complexity index is 445. The van der Waals surface area contributed by atoms with Crippen LogP contribution < -0.4 is 10.6 Å². The summed E-state index contributed by atoms with van der Waals surface area (Å²) < 4.78 is 4.93. The summed E-state index contributed by atoms with van der Waals surface area (Å²) in [6.45, 7) is 5.11. The van der Waals surface area contributed by atoms with Crippen LogP contribution in [0.1, 0.15) is 31.3 Å². The lowest BCUT2D eigenvalue weighted by atomic mass is 10.2. The summed E-state index contributed by atoms with van der Waals surface area (Å²) in [6.07, 6.45) is 0.791. The fourth-order valence-corrected chi connectivity index (χ4v) is 1.09. The highest BCUT2D eigenvalue weighted by Crippen LogP contribution is 2.06. The van der Waals surface area contributed by atoms with Crippen LogP contribution in [0.3, 0.4) is 0 Å². The van der Waals surface area contributed by atoms with Gasteiger partial charge in [-0.05, 0) is 32.9 Å². The number of H-pyrrole nitrogens is 1. The molecule has 7 heteroatoms. The zero-order chi connectivity index (χ0) is 13.8. The zero-order valence-electron chi connectivity index (χ0n) is 10.5. The summed E-state index contributed by atoms with van der Waals surface area (Å²) in [5.41, 5.74) is -0.362. The van der Waals surface area contributed by atoms with Gasteiger partial charge in [0.25, 0.3) is 5.91 Å². The molecule has 4 N–H and O–H groups in total. The Morgan fingerprint density at radius 2 is 2.00 bits per heavy atom. The number of hydrogen-bond donors (Lipinski definition) is 4. The van der Waals surface area contributed by atoms with Crippen molar-refractivity contribution in [3.63, 3.8) is 0 Å². The maximum Gasteiger partial charge on any atom is 0.414 e. The third-order valence-corrected chi connectivity index (χ3v) is 1.71. The molecule has 0 spiro atoms. The van der Waals surface area contributed by atoms with Gasteiger partial charge in [0.1, 0.15) is 11.3 Å². The van der Waals surface area contributed by atoms with Gasteiger partial charge >= 0.3 is 6.09 Å². The Labute approximate surface area is 104 Å². The number of ether oxygens (including phenoxy) is 1. The van der Waals surface area contributed by atoms with Gasteiger partial charge < -0.3 is 9.72 Å². The number of guanidine groups is 1. The lowest BCUT2D eigenvalue weighted by Gasteiger charge is -2.19. The van der Waals surface area contributed by atoms with Crippen molar-refractivity contribution in [3.8, 4) is 0 Å². The predicted octanol–water partition coefficient (Wildman–Crippen LogP) is 1.20. The minimum atomic E-state index is -0.792. The van der Waals surface area contributed by atoms with E-state index >= 15 is 0 Å². The Morgan fingerprint density at radius 1 is 1.33 bits per heavy atom.